The normalized spacial score (nSPS) is 20.8. The maximum absolute atomic E-state index is 6.16. The first-order valence-electron chi connectivity index (χ1n) is 8.07. The predicted octanol–water partition coefficient (Wildman–Crippen LogP) is 5.04. The van der Waals surface area contributed by atoms with Gasteiger partial charge in [-0.2, -0.15) is 0 Å². The molecular weight excluding hydrogens is 292 g/mol. The highest BCUT2D eigenvalue weighted by atomic mass is 35.5. The monoisotopic (exact) mass is 314 g/mol. The number of piperidine rings is 1. The minimum absolute atomic E-state index is 0.303. The molecule has 22 heavy (non-hydrogen) atoms. The number of likely N-dealkylation sites (tertiary alicyclic amines) is 1. The van der Waals surface area contributed by atoms with E-state index in [-0.39, 0.29) is 0 Å². The van der Waals surface area contributed by atoms with Crippen LogP contribution in [-0.2, 0) is 0 Å². The lowest BCUT2D eigenvalue weighted by atomic mass is 9.87. The molecule has 1 aromatic heterocycles. The van der Waals surface area contributed by atoms with Gasteiger partial charge in [0.1, 0.15) is 0 Å². The highest BCUT2D eigenvalue weighted by Crippen LogP contribution is 2.35. The van der Waals surface area contributed by atoms with E-state index in [1.54, 1.807) is 0 Å². The molecule has 3 heteroatoms. The number of benzene rings is 1. The fourth-order valence-corrected chi connectivity index (χ4v) is 3.65. The standard InChI is InChI=1S/C19H23ClN2/c1-14(15-7-5-8-16(20)13-15)17-9-6-11-21-19(17)18-10-3-4-12-22(18)2/h5-9,11,13-14,18H,3-4,10,12H2,1-2H3. The molecule has 116 valence electrons. The average Bonchev–Trinajstić information content (AvgIpc) is 2.55. The number of halogens is 1. The molecule has 0 aliphatic carbocycles. The number of pyridine rings is 1. The Kier molecular flexibility index (Phi) is 4.80. The van der Waals surface area contributed by atoms with E-state index in [0.717, 1.165) is 11.6 Å². The maximum Gasteiger partial charge on any atom is 0.0613 e. The van der Waals surface area contributed by atoms with Gasteiger partial charge in [-0.25, -0.2) is 0 Å². The zero-order valence-electron chi connectivity index (χ0n) is 13.3. The summed E-state index contributed by atoms with van der Waals surface area (Å²) in [7, 11) is 2.21. The Bertz CT molecular complexity index is 641. The zero-order chi connectivity index (χ0) is 15.5. The summed E-state index contributed by atoms with van der Waals surface area (Å²) in [4.78, 5) is 7.19. The van der Waals surface area contributed by atoms with Gasteiger partial charge in [-0.05, 0) is 55.8 Å². The van der Waals surface area contributed by atoms with Gasteiger partial charge in [-0.3, -0.25) is 9.88 Å². The summed E-state index contributed by atoms with van der Waals surface area (Å²) in [6.07, 6.45) is 5.70. The lowest BCUT2D eigenvalue weighted by molar-refractivity contribution is 0.182. The van der Waals surface area contributed by atoms with Crippen molar-refractivity contribution in [3.8, 4) is 0 Å². The van der Waals surface area contributed by atoms with E-state index >= 15 is 0 Å². The van der Waals surface area contributed by atoms with Crippen molar-refractivity contribution in [1.82, 2.24) is 9.88 Å². The van der Waals surface area contributed by atoms with Gasteiger partial charge in [-0.1, -0.05) is 43.1 Å². The number of rotatable bonds is 3. The van der Waals surface area contributed by atoms with E-state index in [1.165, 1.54) is 36.1 Å². The van der Waals surface area contributed by atoms with E-state index in [1.807, 2.05) is 24.4 Å². The first-order chi connectivity index (χ1) is 10.7. The highest BCUT2D eigenvalue weighted by molar-refractivity contribution is 6.30. The molecule has 1 aliphatic rings. The molecule has 2 unspecified atom stereocenters. The molecule has 2 heterocycles. The second kappa shape index (κ2) is 6.80. The molecule has 1 aromatic carbocycles. The molecule has 2 atom stereocenters. The Morgan fingerprint density at radius 3 is 2.86 bits per heavy atom. The molecule has 1 aliphatic heterocycles. The molecule has 2 nitrogen and oxygen atoms in total. The average molecular weight is 315 g/mol. The summed E-state index contributed by atoms with van der Waals surface area (Å²) < 4.78 is 0. The van der Waals surface area contributed by atoms with Crippen LogP contribution in [0.4, 0.5) is 0 Å². The van der Waals surface area contributed by atoms with Crippen LogP contribution in [-0.4, -0.2) is 23.5 Å². The van der Waals surface area contributed by atoms with Crippen LogP contribution in [0, 0.1) is 0 Å². The predicted molar refractivity (Wildman–Crippen MR) is 92.4 cm³/mol. The molecule has 2 aromatic rings. The van der Waals surface area contributed by atoms with Gasteiger partial charge in [0.15, 0.2) is 0 Å². The molecule has 0 saturated carbocycles. The van der Waals surface area contributed by atoms with Gasteiger partial charge in [-0.15, -0.1) is 0 Å². The van der Waals surface area contributed by atoms with Gasteiger partial charge in [0, 0.05) is 17.1 Å². The largest absolute Gasteiger partial charge is 0.298 e. The lowest BCUT2D eigenvalue weighted by Gasteiger charge is -2.34. The Hall–Kier alpha value is -1.38. The topological polar surface area (TPSA) is 16.1 Å². The van der Waals surface area contributed by atoms with Crippen molar-refractivity contribution >= 4 is 11.6 Å². The van der Waals surface area contributed by atoms with Crippen molar-refractivity contribution < 1.29 is 0 Å². The third kappa shape index (κ3) is 3.18. The van der Waals surface area contributed by atoms with Gasteiger partial charge in [0.05, 0.1) is 11.7 Å². The van der Waals surface area contributed by atoms with Crippen LogP contribution in [0.25, 0.3) is 0 Å². The molecular formula is C19H23ClN2. The Morgan fingerprint density at radius 1 is 1.23 bits per heavy atom. The van der Waals surface area contributed by atoms with E-state index in [9.17, 15) is 0 Å². The van der Waals surface area contributed by atoms with E-state index in [0.29, 0.717) is 12.0 Å². The number of hydrogen-bond acceptors (Lipinski definition) is 2. The first kappa shape index (κ1) is 15.5. The molecule has 0 radical (unpaired) electrons. The quantitative estimate of drug-likeness (QED) is 0.788. The van der Waals surface area contributed by atoms with Crippen molar-refractivity contribution in [1.29, 1.82) is 0 Å². The molecule has 1 saturated heterocycles. The smallest absolute Gasteiger partial charge is 0.0613 e. The second-order valence-corrected chi connectivity index (χ2v) is 6.68. The third-order valence-electron chi connectivity index (χ3n) is 4.77. The van der Waals surface area contributed by atoms with Crippen LogP contribution in [0.1, 0.15) is 55.0 Å². The summed E-state index contributed by atoms with van der Waals surface area (Å²) >= 11 is 6.16. The van der Waals surface area contributed by atoms with Crippen LogP contribution in [0.2, 0.25) is 5.02 Å². The molecule has 1 fully saturated rings. The minimum Gasteiger partial charge on any atom is -0.298 e. The lowest BCUT2D eigenvalue weighted by Crippen LogP contribution is -2.31. The summed E-state index contributed by atoms with van der Waals surface area (Å²) in [5, 5.41) is 0.796. The number of nitrogens with zero attached hydrogens (tertiary/aromatic N) is 2. The van der Waals surface area contributed by atoms with E-state index in [2.05, 4.69) is 37.1 Å². The van der Waals surface area contributed by atoms with Crippen molar-refractivity contribution in [2.24, 2.45) is 0 Å². The van der Waals surface area contributed by atoms with Crippen LogP contribution >= 0.6 is 11.6 Å². The Labute approximate surface area is 138 Å². The van der Waals surface area contributed by atoms with Gasteiger partial charge in [0.25, 0.3) is 0 Å². The summed E-state index contributed by atoms with van der Waals surface area (Å²) in [5.41, 5.74) is 3.81. The highest BCUT2D eigenvalue weighted by Gasteiger charge is 2.26. The van der Waals surface area contributed by atoms with Gasteiger partial charge >= 0.3 is 0 Å². The molecule has 0 N–H and O–H groups in total. The zero-order valence-corrected chi connectivity index (χ0v) is 14.1. The fraction of sp³-hybridized carbons (Fsp3) is 0.421. The van der Waals surface area contributed by atoms with E-state index in [4.69, 9.17) is 16.6 Å². The van der Waals surface area contributed by atoms with Crippen molar-refractivity contribution in [3.05, 3.63) is 64.4 Å². The van der Waals surface area contributed by atoms with Crippen LogP contribution in [0.15, 0.2) is 42.6 Å². The minimum atomic E-state index is 0.303. The summed E-state index contributed by atoms with van der Waals surface area (Å²) in [6, 6.07) is 12.9. The SMILES string of the molecule is CC(c1cccc(Cl)c1)c1cccnc1C1CCCCN1C. The fourth-order valence-electron chi connectivity index (χ4n) is 3.45. The molecule has 0 amide bonds. The van der Waals surface area contributed by atoms with Crippen molar-refractivity contribution in [2.45, 2.75) is 38.1 Å². The van der Waals surface area contributed by atoms with Crippen LogP contribution in [0.5, 0.6) is 0 Å². The molecule has 3 rings (SSSR count). The summed E-state index contributed by atoms with van der Waals surface area (Å²) in [6.45, 7) is 3.40. The van der Waals surface area contributed by atoms with E-state index < -0.39 is 0 Å². The van der Waals surface area contributed by atoms with Crippen LogP contribution < -0.4 is 0 Å². The molecule has 0 bridgehead atoms. The first-order valence-corrected chi connectivity index (χ1v) is 8.45. The van der Waals surface area contributed by atoms with Crippen molar-refractivity contribution in [2.75, 3.05) is 13.6 Å². The number of hydrogen-bond donors (Lipinski definition) is 0. The second-order valence-electron chi connectivity index (χ2n) is 6.25. The van der Waals surface area contributed by atoms with Gasteiger partial charge in [0.2, 0.25) is 0 Å². The van der Waals surface area contributed by atoms with Crippen LogP contribution in [0.3, 0.4) is 0 Å². The third-order valence-corrected chi connectivity index (χ3v) is 5.01. The molecule has 0 spiro atoms. The Balaban J connectivity index is 1.97. The van der Waals surface area contributed by atoms with Gasteiger partial charge < -0.3 is 0 Å². The van der Waals surface area contributed by atoms with Crippen molar-refractivity contribution in [3.63, 3.8) is 0 Å². The number of aromatic nitrogens is 1. The summed E-state index contributed by atoms with van der Waals surface area (Å²) in [5.74, 6) is 0.303. The maximum atomic E-state index is 6.16. The Morgan fingerprint density at radius 2 is 2.09 bits per heavy atom.